The number of ether oxygens (including phenoxy) is 1. The van der Waals surface area contributed by atoms with Gasteiger partial charge in [0.25, 0.3) is 0 Å². The molecule has 1 aliphatic rings. The summed E-state index contributed by atoms with van der Waals surface area (Å²) in [4.78, 5) is 4.07. The fourth-order valence-corrected chi connectivity index (χ4v) is 2.72. The number of hydrogen-bond donors (Lipinski definition) is 4. The first-order chi connectivity index (χ1) is 8.63. The van der Waals surface area contributed by atoms with Crippen LogP contribution in [0.3, 0.4) is 0 Å². The third-order valence-corrected chi connectivity index (χ3v) is 3.83. The highest BCUT2D eigenvalue weighted by molar-refractivity contribution is 7.99. The molecule has 0 amide bonds. The van der Waals surface area contributed by atoms with Crippen molar-refractivity contribution in [2.45, 2.75) is 34.9 Å². The van der Waals surface area contributed by atoms with E-state index in [9.17, 15) is 15.3 Å². The molecule has 0 bridgehead atoms. The Balaban J connectivity index is 2.08. The zero-order chi connectivity index (χ0) is 13.1. The Hall–Kier alpha value is -0.700. The molecule has 1 aromatic rings. The summed E-state index contributed by atoms with van der Waals surface area (Å²) in [5.74, 6) is 0. The molecule has 100 valence electrons. The lowest BCUT2D eigenvalue weighted by Crippen LogP contribution is -2.57. The average Bonchev–Trinajstić information content (AvgIpc) is 2.40. The Labute approximate surface area is 108 Å². The molecule has 7 heteroatoms. The van der Waals surface area contributed by atoms with E-state index in [1.165, 1.54) is 0 Å². The summed E-state index contributed by atoms with van der Waals surface area (Å²) >= 11 is 1.13. The highest BCUT2D eigenvalue weighted by Gasteiger charge is 2.43. The van der Waals surface area contributed by atoms with E-state index in [0.717, 1.165) is 11.8 Å². The van der Waals surface area contributed by atoms with E-state index in [1.54, 1.807) is 24.4 Å². The minimum atomic E-state index is -1.35. The van der Waals surface area contributed by atoms with Gasteiger partial charge >= 0.3 is 0 Å². The fraction of sp³-hybridized carbons (Fsp3) is 0.545. The minimum absolute atomic E-state index is 0.426. The fourth-order valence-electron chi connectivity index (χ4n) is 1.70. The second-order valence-electron chi connectivity index (χ2n) is 3.98. The Morgan fingerprint density at radius 3 is 2.56 bits per heavy atom. The van der Waals surface area contributed by atoms with Gasteiger partial charge in [-0.25, -0.2) is 4.98 Å². The highest BCUT2D eigenvalue weighted by Crippen LogP contribution is 2.32. The van der Waals surface area contributed by atoms with Crippen LogP contribution >= 0.6 is 11.8 Å². The van der Waals surface area contributed by atoms with E-state index in [2.05, 4.69) is 4.98 Å². The molecule has 0 spiro atoms. The van der Waals surface area contributed by atoms with Crippen LogP contribution in [0.25, 0.3) is 0 Å². The van der Waals surface area contributed by atoms with Gasteiger partial charge in [-0.3, -0.25) is 0 Å². The highest BCUT2D eigenvalue weighted by atomic mass is 32.2. The lowest BCUT2D eigenvalue weighted by atomic mass is 10.0. The molecule has 18 heavy (non-hydrogen) atoms. The summed E-state index contributed by atoms with van der Waals surface area (Å²) in [5, 5.41) is 38.7. The van der Waals surface area contributed by atoms with E-state index in [4.69, 9.17) is 9.84 Å². The van der Waals surface area contributed by atoms with Crippen LogP contribution in [-0.2, 0) is 4.74 Å². The molecule has 1 saturated heterocycles. The van der Waals surface area contributed by atoms with Crippen LogP contribution in [0.15, 0.2) is 29.4 Å². The standard InChI is InChI=1S/C11H15NO5S/c13-5-6-8(14)9(15)10(16)11(17-6)18-7-3-1-2-4-12-7/h1-4,6,8-11,13-16H,5H2/t6-,8+,9+,10-,11+/m1/s1. The van der Waals surface area contributed by atoms with Crippen molar-refractivity contribution >= 4 is 11.8 Å². The minimum Gasteiger partial charge on any atom is -0.394 e. The summed E-state index contributed by atoms with van der Waals surface area (Å²) in [6, 6.07) is 5.29. The van der Waals surface area contributed by atoms with E-state index in [-0.39, 0.29) is 0 Å². The largest absolute Gasteiger partial charge is 0.394 e. The molecule has 2 rings (SSSR count). The summed E-state index contributed by atoms with van der Waals surface area (Å²) in [6.45, 7) is -0.426. The molecule has 0 aromatic carbocycles. The average molecular weight is 273 g/mol. The van der Waals surface area contributed by atoms with Crippen molar-refractivity contribution in [3.63, 3.8) is 0 Å². The van der Waals surface area contributed by atoms with Crippen molar-refractivity contribution in [2.24, 2.45) is 0 Å². The summed E-state index contributed by atoms with van der Waals surface area (Å²) in [7, 11) is 0. The predicted octanol–water partition coefficient (Wildman–Crippen LogP) is -1.03. The van der Waals surface area contributed by atoms with Crippen LogP contribution in [0.2, 0.25) is 0 Å². The quantitative estimate of drug-likeness (QED) is 0.558. The molecule has 2 heterocycles. The van der Waals surface area contributed by atoms with Gasteiger partial charge in [-0.15, -0.1) is 0 Å². The molecule has 1 fully saturated rings. The lowest BCUT2D eigenvalue weighted by Gasteiger charge is -2.39. The van der Waals surface area contributed by atoms with Gasteiger partial charge in [0.1, 0.15) is 29.9 Å². The van der Waals surface area contributed by atoms with Crippen molar-refractivity contribution in [3.8, 4) is 0 Å². The van der Waals surface area contributed by atoms with E-state index < -0.39 is 36.5 Å². The topological polar surface area (TPSA) is 103 Å². The van der Waals surface area contributed by atoms with Gasteiger partial charge in [-0.1, -0.05) is 17.8 Å². The zero-order valence-corrected chi connectivity index (χ0v) is 10.3. The molecular weight excluding hydrogens is 258 g/mol. The second-order valence-corrected chi connectivity index (χ2v) is 5.10. The number of thioether (sulfide) groups is 1. The normalized spacial score (nSPS) is 36.6. The van der Waals surface area contributed by atoms with Crippen LogP contribution in [0.1, 0.15) is 0 Å². The number of nitrogens with zero attached hydrogens (tertiary/aromatic N) is 1. The van der Waals surface area contributed by atoms with E-state index >= 15 is 0 Å². The maximum Gasteiger partial charge on any atom is 0.138 e. The van der Waals surface area contributed by atoms with Crippen molar-refractivity contribution < 1.29 is 25.2 Å². The van der Waals surface area contributed by atoms with Crippen LogP contribution in [-0.4, -0.2) is 61.9 Å². The van der Waals surface area contributed by atoms with Crippen LogP contribution < -0.4 is 0 Å². The predicted molar refractivity (Wildman–Crippen MR) is 63.9 cm³/mol. The van der Waals surface area contributed by atoms with Gasteiger partial charge in [0.2, 0.25) is 0 Å². The molecule has 0 unspecified atom stereocenters. The molecular formula is C11H15NO5S. The summed E-state index contributed by atoms with van der Waals surface area (Å²) < 4.78 is 5.35. The monoisotopic (exact) mass is 273 g/mol. The molecule has 1 aromatic heterocycles. The Morgan fingerprint density at radius 1 is 1.17 bits per heavy atom. The van der Waals surface area contributed by atoms with Crippen molar-refractivity contribution in [2.75, 3.05) is 6.61 Å². The molecule has 0 radical (unpaired) electrons. The second kappa shape index (κ2) is 5.96. The van der Waals surface area contributed by atoms with Gasteiger partial charge in [0, 0.05) is 6.20 Å². The molecule has 0 saturated carbocycles. The number of aliphatic hydroxyl groups excluding tert-OH is 4. The van der Waals surface area contributed by atoms with Gasteiger partial charge in [0.05, 0.1) is 11.6 Å². The van der Waals surface area contributed by atoms with E-state index in [0.29, 0.717) is 5.03 Å². The smallest absolute Gasteiger partial charge is 0.138 e. The molecule has 4 N–H and O–H groups in total. The van der Waals surface area contributed by atoms with Gasteiger partial charge in [-0.05, 0) is 12.1 Å². The van der Waals surface area contributed by atoms with Crippen LogP contribution in [0, 0.1) is 0 Å². The number of hydrogen-bond acceptors (Lipinski definition) is 7. The van der Waals surface area contributed by atoms with Crippen molar-refractivity contribution in [3.05, 3.63) is 24.4 Å². The maximum atomic E-state index is 9.82. The van der Waals surface area contributed by atoms with Gasteiger partial charge in [-0.2, -0.15) is 0 Å². The van der Waals surface area contributed by atoms with Crippen molar-refractivity contribution in [1.29, 1.82) is 0 Å². The summed E-state index contributed by atoms with van der Waals surface area (Å²) in [5.41, 5.74) is -0.782. The first kappa shape index (κ1) is 13.7. The number of rotatable bonds is 3. The molecule has 6 nitrogen and oxygen atoms in total. The van der Waals surface area contributed by atoms with Crippen LogP contribution in [0.4, 0.5) is 0 Å². The number of pyridine rings is 1. The zero-order valence-electron chi connectivity index (χ0n) is 9.46. The number of aromatic nitrogens is 1. The maximum absolute atomic E-state index is 9.82. The van der Waals surface area contributed by atoms with E-state index in [1.807, 2.05) is 0 Å². The summed E-state index contributed by atoms with van der Waals surface area (Å²) in [6.07, 6.45) is -3.20. The molecule has 0 aliphatic carbocycles. The Bertz CT molecular complexity index is 377. The molecule has 5 atom stereocenters. The van der Waals surface area contributed by atoms with Crippen LogP contribution in [0.5, 0.6) is 0 Å². The number of aliphatic hydroxyl groups is 4. The molecule has 1 aliphatic heterocycles. The third kappa shape index (κ3) is 2.82. The third-order valence-electron chi connectivity index (χ3n) is 2.72. The van der Waals surface area contributed by atoms with Crippen molar-refractivity contribution in [1.82, 2.24) is 4.98 Å². The van der Waals surface area contributed by atoms with Gasteiger partial charge in [0.15, 0.2) is 0 Å². The Morgan fingerprint density at radius 2 is 1.94 bits per heavy atom. The Kier molecular flexibility index (Phi) is 4.55. The lowest BCUT2D eigenvalue weighted by molar-refractivity contribution is -0.205. The first-order valence-corrected chi connectivity index (χ1v) is 6.39. The van der Waals surface area contributed by atoms with Gasteiger partial charge < -0.3 is 25.2 Å². The first-order valence-electron chi connectivity index (χ1n) is 5.51. The SMILES string of the molecule is OC[C@H]1O[C@@H](Sc2ccccn2)[C@H](O)[C@@H](O)[C@H]1O.